The number of nitrogens with zero attached hydrogens (tertiary/aromatic N) is 1. The van der Waals surface area contributed by atoms with Gasteiger partial charge in [0.15, 0.2) is 6.29 Å². The molecule has 3 nitrogen and oxygen atoms in total. The average Bonchev–Trinajstić information content (AvgIpc) is 2.57. The Balaban J connectivity index is 2.60. The van der Waals surface area contributed by atoms with Gasteiger partial charge in [0.25, 0.3) is 0 Å². The van der Waals surface area contributed by atoms with E-state index in [2.05, 4.69) is 9.97 Å². The summed E-state index contributed by atoms with van der Waals surface area (Å²) >= 11 is 0. The molecule has 0 aliphatic carbocycles. The smallest absolute Gasteiger partial charge is 0.351 e. The number of hydrogen-bond donors (Lipinski definition) is 1. The van der Waals surface area contributed by atoms with E-state index in [4.69, 9.17) is 0 Å². The van der Waals surface area contributed by atoms with Gasteiger partial charge in [-0.1, -0.05) is 0 Å². The molecule has 6 heteroatoms. The quantitative estimate of drug-likeness (QED) is 0.741. The van der Waals surface area contributed by atoms with E-state index < -0.39 is 11.9 Å². The first-order valence-corrected chi connectivity index (χ1v) is 4.03. The highest BCUT2D eigenvalue weighted by atomic mass is 19.4. The lowest BCUT2D eigenvalue weighted by atomic mass is 10.3. The van der Waals surface area contributed by atoms with Crippen molar-refractivity contribution in [3.05, 3.63) is 29.6 Å². The molecule has 0 fully saturated rings. The second-order valence-electron chi connectivity index (χ2n) is 2.97. The molecule has 0 bridgehead atoms. The van der Waals surface area contributed by atoms with Crippen LogP contribution in [0.1, 0.15) is 16.2 Å². The number of halogens is 3. The Kier molecular flexibility index (Phi) is 1.99. The summed E-state index contributed by atoms with van der Waals surface area (Å²) < 4.78 is 36.8. The van der Waals surface area contributed by atoms with Crippen LogP contribution in [0, 0.1) is 0 Å². The molecule has 15 heavy (non-hydrogen) atoms. The van der Waals surface area contributed by atoms with Crippen LogP contribution in [0.3, 0.4) is 0 Å². The van der Waals surface area contributed by atoms with Crippen LogP contribution in [-0.2, 0) is 6.18 Å². The summed E-state index contributed by atoms with van der Waals surface area (Å²) in [6, 6.07) is 3.39. The average molecular weight is 214 g/mol. The maximum Gasteiger partial charge on any atom is 0.433 e. The van der Waals surface area contributed by atoms with E-state index in [1.165, 1.54) is 12.1 Å². The predicted molar refractivity (Wildman–Crippen MR) is 46.5 cm³/mol. The van der Waals surface area contributed by atoms with E-state index in [-0.39, 0.29) is 11.2 Å². The van der Waals surface area contributed by atoms with Gasteiger partial charge < -0.3 is 4.98 Å². The van der Waals surface area contributed by atoms with Crippen LogP contribution in [0.15, 0.2) is 18.2 Å². The van der Waals surface area contributed by atoms with Gasteiger partial charge in [0.05, 0.1) is 16.7 Å². The molecule has 0 radical (unpaired) electrons. The van der Waals surface area contributed by atoms with Crippen molar-refractivity contribution >= 4 is 17.3 Å². The fourth-order valence-corrected chi connectivity index (χ4v) is 1.25. The maximum absolute atomic E-state index is 12.3. The molecule has 0 saturated carbocycles. The van der Waals surface area contributed by atoms with Crippen LogP contribution >= 0.6 is 0 Å². The van der Waals surface area contributed by atoms with Gasteiger partial charge in [0.1, 0.15) is 5.69 Å². The molecule has 0 aliphatic rings. The molecule has 0 spiro atoms. The van der Waals surface area contributed by atoms with Crippen molar-refractivity contribution < 1.29 is 18.0 Å². The van der Waals surface area contributed by atoms with Gasteiger partial charge in [0, 0.05) is 0 Å². The Morgan fingerprint density at radius 3 is 2.67 bits per heavy atom. The molecular weight excluding hydrogens is 209 g/mol. The number of alkyl halides is 3. The molecule has 0 amide bonds. The first-order chi connectivity index (χ1) is 7.00. The number of hydrogen-bond acceptors (Lipinski definition) is 2. The summed E-state index contributed by atoms with van der Waals surface area (Å²) in [5, 5.41) is 0. The Morgan fingerprint density at radius 2 is 2.07 bits per heavy atom. The third-order valence-electron chi connectivity index (χ3n) is 1.91. The highest BCUT2D eigenvalue weighted by Crippen LogP contribution is 2.28. The Morgan fingerprint density at radius 1 is 1.33 bits per heavy atom. The zero-order chi connectivity index (χ0) is 11.1. The number of aromatic nitrogens is 2. The molecule has 0 unspecified atom stereocenters. The van der Waals surface area contributed by atoms with Crippen molar-refractivity contribution in [3.8, 4) is 0 Å². The number of carbonyl (C=O) groups is 1. The van der Waals surface area contributed by atoms with Gasteiger partial charge in [-0.3, -0.25) is 4.79 Å². The molecule has 2 heterocycles. The molecule has 0 aromatic carbocycles. The van der Waals surface area contributed by atoms with Crippen molar-refractivity contribution in [3.63, 3.8) is 0 Å². The van der Waals surface area contributed by atoms with E-state index in [0.29, 0.717) is 11.8 Å². The van der Waals surface area contributed by atoms with Crippen molar-refractivity contribution in [2.75, 3.05) is 0 Å². The summed E-state index contributed by atoms with van der Waals surface area (Å²) in [5.41, 5.74) is -0.222. The summed E-state index contributed by atoms with van der Waals surface area (Å²) in [6.07, 6.45) is -3.94. The number of nitrogens with one attached hydrogen (secondary N) is 1. The molecular formula is C9H5F3N2O. The second-order valence-corrected chi connectivity index (χ2v) is 2.97. The lowest BCUT2D eigenvalue weighted by Gasteiger charge is -2.04. The van der Waals surface area contributed by atoms with Crippen LogP contribution in [0.4, 0.5) is 13.2 Å². The van der Waals surface area contributed by atoms with E-state index in [1.54, 1.807) is 0 Å². The van der Waals surface area contributed by atoms with Gasteiger partial charge in [-0.2, -0.15) is 13.2 Å². The summed E-state index contributed by atoms with van der Waals surface area (Å²) in [5.74, 6) is 0. The normalized spacial score (nSPS) is 11.9. The summed E-state index contributed by atoms with van der Waals surface area (Å²) in [4.78, 5) is 16.4. The van der Waals surface area contributed by atoms with Crippen LogP contribution in [-0.4, -0.2) is 16.3 Å². The van der Waals surface area contributed by atoms with E-state index in [1.807, 2.05) is 0 Å². The Hall–Kier alpha value is -1.85. The monoisotopic (exact) mass is 214 g/mol. The van der Waals surface area contributed by atoms with Crippen molar-refractivity contribution in [1.29, 1.82) is 0 Å². The van der Waals surface area contributed by atoms with Gasteiger partial charge in [-0.05, 0) is 18.2 Å². The highest BCUT2D eigenvalue weighted by Gasteiger charge is 2.32. The number of carbonyl (C=O) groups excluding carboxylic acids is 1. The lowest BCUT2D eigenvalue weighted by Crippen LogP contribution is -2.07. The first-order valence-electron chi connectivity index (χ1n) is 4.03. The van der Waals surface area contributed by atoms with Crippen LogP contribution in [0.5, 0.6) is 0 Å². The van der Waals surface area contributed by atoms with Gasteiger partial charge >= 0.3 is 6.18 Å². The second kappa shape index (κ2) is 3.08. The standard InChI is InChI=1S/C9H5F3N2O/c10-9(11,12)8-2-1-6-7(14-8)3-5(4-15)13-6/h1-4,13H. The Bertz CT molecular complexity index is 516. The summed E-state index contributed by atoms with van der Waals surface area (Å²) in [6.45, 7) is 0. The summed E-state index contributed by atoms with van der Waals surface area (Å²) in [7, 11) is 0. The van der Waals surface area contributed by atoms with E-state index in [0.717, 1.165) is 6.07 Å². The molecule has 0 aliphatic heterocycles. The van der Waals surface area contributed by atoms with Crippen LogP contribution < -0.4 is 0 Å². The van der Waals surface area contributed by atoms with Crippen molar-refractivity contribution in [2.24, 2.45) is 0 Å². The maximum atomic E-state index is 12.3. The minimum absolute atomic E-state index is 0.131. The molecule has 2 aromatic rings. The van der Waals surface area contributed by atoms with E-state index in [9.17, 15) is 18.0 Å². The fraction of sp³-hybridized carbons (Fsp3) is 0.111. The minimum Gasteiger partial charge on any atom is -0.351 e. The molecule has 2 aromatic heterocycles. The fourth-order valence-electron chi connectivity index (χ4n) is 1.25. The third-order valence-corrected chi connectivity index (χ3v) is 1.91. The molecule has 2 rings (SSSR count). The van der Waals surface area contributed by atoms with Crippen molar-refractivity contribution in [1.82, 2.24) is 9.97 Å². The first kappa shape index (κ1) is 9.70. The van der Waals surface area contributed by atoms with Gasteiger partial charge in [-0.15, -0.1) is 0 Å². The number of fused-ring (bicyclic) bond motifs is 1. The van der Waals surface area contributed by atoms with Crippen LogP contribution in [0.25, 0.3) is 11.0 Å². The topological polar surface area (TPSA) is 45.8 Å². The zero-order valence-corrected chi connectivity index (χ0v) is 7.30. The van der Waals surface area contributed by atoms with Gasteiger partial charge in [0.2, 0.25) is 0 Å². The molecule has 0 atom stereocenters. The highest BCUT2D eigenvalue weighted by molar-refractivity contribution is 5.85. The van der Waals surface area contributed by atoms with E-state index >= 15 is 0 Å². The zero-order valence-electron chi connectivity index (χ0n) is 7.30. The third kappa shape index (κ3) is 1.70. The minimum atomic E-state index is -4.47. The van der Waals surface area contributed by atoms with Gasteiger partial charge in [-0.25, -0.2) is 4.98 Å². The predicted octanol–water partition coefficient (Wildman–Crippen LogP) is 2.39. The number of aldehydes is 1. The number of pyridine rings is 1. The largest absolute Gasteiger partial charge is 0.433 e. The van der Waals surface area contributed by atoms with Crippen molar-refractivity contribution in [2.45, 2.75) is 6.18 Å². The Labute approximate surface area is 81.9 Å². The molecule has 1 N–H and O–H groups in total. The number of H-pyrrole nitrogens is 1. The number of rotatable bonds is 1. The van der Waals surface area contributed by atoms with Crippen LogP contribution in [0.2, 0.25) is 0 Å². The molecule has 0 saturated heterocycles. The SMILES string of the molecule is O=Cc1cc2nc(C(F)(F)F)ccc2[nH]1. The molecule has 78 valence electrons. The number of aromatic amines is 1. The lowest BCUT2D eigenvalue weighted by molar-refractivity contribution is -0.140.